The van der Waals surface area contributed by atoms with Gasteiger partial charge in [-0.3, -0.25) is 0 Å². The van der Waals surface area contributed by atoms with Gasteiger partial charge in [0.05, 0.1) is 7.11 Å². The predicted octanol–water partition coefficient (Wildman–Crippen LogP) is 2.19. The molecule has 0 fully saturated rings. The van der Waals surface area contributed by atoms with Gasteiger partial charge in [0.2, 0.25) is 0 Å². The van der Waals surface area contributed by atoms with Crippen LogP contribution in [0.2, 0.25) is 0 Å². The van der Waals surface area contributed by atoms with Crippen LogP contribution in [0.5, 0.6) is 5.75 Å². The van der Waals surface area contributed by atoms with Crippen LogP contribution < -0.4 is 10.1 Å². The molecule has 2 nitrogen and oxygen atoms in total. The minimum absolute atomic E-state index is 0.639. The lowest BCUT2D eigenvalue weighted by Gasteiger charge is -2.16. The second-order valence-corrected chi connectivity index (χ2v) is 4.41. The molecule has 0 heterocycles. The third-order valence-corrected chi connectivity index (χ3v) is 3.41. The fourth-order valence-electron chi connectivity index (χ4n) is 2.56. The largest absolute Gasteiger partial charge is 0.497 e. The number of rotatable bonds is 3. The maximum absolute atomic E-state index is 5.28. The Balaban J connectivity index is 2.32. The van der Waals surface area contributed by atoms with Crippen LogP contribution in [0, 0.1) is 5.92 Å². The van der Waals surface area contributed by atoms with Crippen LogP contribution in [0.15, 0.2) is 18.2 Å². The van der Waals surface area contributed by atoms with Gasteiger partial charge >= 0.3 is 0 Å². The monoisotopic (exact) mass is 205 g/mol. The molecule has 0 aliphatic heterocycles. The van der Waals surface area contributed by atoms with E-state index in [2.05, 4.69) is 30.4 Å². The van der Waals surface area contributed by atoms with Gasteiger partial charge in [0.15, 0.2) is 0 Å². The Bertz CT molecular complexity index is 348. The number of hydrogen-bond acceptors (Lipinski definition) is 2. The van der Waals surface area contributed by atoms with E-state index in [9.17, 15) is 0 Å². The SMILES string of the molecule is CNCC1c2cc(OC)ccc2CC1C. The molecule has 2 unspecified atom stereocenters. The van der Waals surface area contributed by atoms with Crippen molar-refractivity contribution >= 4 is 0 Å². The first-order chi connectivity index (χ1) is 7.26. The topological polar surface area (TPSA) is 21.3 Å². The number of hydrogen-bond donors (Lipinski definition) is 1. The van der Waals surface area contributed by atoms with Crippen LogP contribution in [0.3, 0.4) is 0 Å². The molecular weight excluding hydrogens is 186 g/mol. The number of benzene rings is 1. The molecule has 0 aromatic heterocycles. The Morgan fingerprint density at radius 2 is 2.27 bits per heavy atom. The molecule has 1 aliphatic rings. The summed E-state index contributed by atoms with van der Waals surface area (Å²) < 4.78 is 5.28. The second-order valence-electron chi connectivity index (χ2n) is 4.41. The summed E-state index contributed by atoms with van der Waals surface area (Å²) in [5.41, 5.74) is 2.96. The zero-order valence-electron chi connectivity index (χ0n) is 9.71. The smallest absolute Gasteiger partial charge is 0.119 e. The molecule has 0 amide bonds. The highest BCUT2D eigenvalue weighted by molar-refractivity contribution is 5.42. The fraction of sp³-hybridized carbons (Fsp3) is 0.538. The Hall–Kier alpha value is -1.02. The van der Waals surface area contributed by atoms with Crippen LogP contribution in [0.1, 0.15) is 24.0 Å². The molecule has 2 rings (SSSR count). The summed E-state index contributed by atoms with van der Waals surface area (Å²) in [6.07, 6.45) is 1.20. The van der Waals surface area contributed by atoms with E-state index in [1.54, 1.807) is 7.11 Å². The van der Waals surface area contributed by atoms with Gasteiger partial charge in [0, 0.05) is 6.54 Å². The van der Waals surface area contributed by atoms with Crippen LogP contribution in [-0.2, 0) is 6.42 Å². The molecule has 15 heavy (non-hydrogen) atoms. The van der Waals surface area contributed by atoms with Crippen molar-refractivity contribution in [3.05, 3.63) is 29.3 Å². The lowest BCUT2D eigenvalue weighted by Crippen LogP contribution is -2.19. The van der Waals surface area contributed by atoms with Crippen molar-refractivity contribution in [2.75, 3.05) is 20.7 Å². The number of fused-ring (bicyclic) bond motifs is 1. The first kappa shape index (κ1) is 10.5. The van der Waals surface area contributed by atoms with Crippen molar-refractivity contribution in [1.29, 1.82) is 0 Å². The summed E-state index contributed by atoms with van der Waals surface area (Å²) in [5, 5.41) is 3.28. The highest BCUT2D eigenvalue weighted by Gasteiger charge is 2.28. The summed E-state index contributed by atoms with van der Waals surface area (Å²) in [6.45, 7) is 3.38. The molecular formula is C13H19NO. The summed E-state index contributed by atoms with van der Waals surface area (Å²) >= 11 is 0. The zero-order valence-corrected chi connectivity index (χ0v) is 9.71. The lowest BCUT2D eigenvalue weighted by molar-refractivity contribution is 0.413. The molecule has 0 spiro atoms. The normalized spacial score (nSPS) is 23.9. The number of nitrogens with one attached hydrogen (secondary N) is 1. The minimum atomic E-state index is 0.639. The van der Waals surface area contributed by atoms with E-state index in [0.29, 0.717) is 5.92 Å². The number of likely N-dealkylation sites (N-methyl/N-ethyl adjacent to an activating group) is 1. The van der Waals surface area contributed by atoms with Gasteiger partial charge in [-0.05, 0) is 48.6 Å². The van der Waals surface area contributed by atoms with E-state index < -0.39 is 0 Å². The molecule has 2 atom stereocenters. The number of ether oxygens (including phenoxy) is 1. The Morgan fingerprint density at radius 3 is 2.93 bits per heavy atom. The predicted molar refractivity (Wildman–Crippen MR) is 62.5 cm³/mol. The molecule has 82 valence electrons. The van der Waals surface area contributed by atoms with E-state index in [1.807, 2.05) is 7.05 Å². The van der Waals surface area contributed by atoms with E-state index in [-0.39, 0.29) is 0 Å². The zero-order chi connectivity index (χ0) is 10.8. The average molecular weight is 205 g/mol. The molecule has 0 saturated carbocycles. The van der Waals surface area contributed by atoms with Crippen LogP contribution >= 0.6 is 0 Å². The van der Waals surface area contributed by atoms with E-state index in [4.69, 9.17) is 4.74 Å². The summed E-state index contributed by atoms with van der Waals surface area (Å²) in [4.78, 5) is 0. The third kappa shape index (κ3) is 1.86. The number of methoxy groups -OCH3 is 1. The van der Waals surface area contributed by atoms with E-state index in [0.717, 1.165) is 18.2 Å². The lowest BCUT2D eigenvalue weighted by atomic mass is 9.94. The molecule has 1 aromatic carbocycles. The summed E-state index contributed by atoms with van der Waals surface area (Å²) in [5.74, 6) is 2.35. The average Bonchev–Trinajstić information content (AvgIpc) is 2.55. The molecule has 0 saturated heterocycles. The maximum atomic E-state index is 5.28. The molecule has 0 bridgehead atoms. The van der Waals surface area contributed by atoms with Gasteiger partial charge in [0.1, 0.15) is 5.75 Å². The molecule has 1 N–H and O–H groups in total. The first-order valence-electron chi connectivity index (χ1n) is 5.57. The third-order valence-electron chi connectivity index (χ3n) is 3.41. The van der Waals surface area contributed by atoms with Gasteiger partial charge in [-0.25, -0.2) is 0 Å². The first-order valence-corrected chi connectivity index (χ1v) is 5.57. The van der Waals surface area contributed by atoms with E-state index >= 15 is 0 Å². The molecule has 1 aliphatic carbocycles. The van der Waals surface area contributed by atoms with Crippen molar-refractivity contribution < 1.29 is 4.74 Å². The van der Waals surface area contributed by atoms with Crippen molar-refractivity contribution in [3.63, 3.8) is 0 Å². The van der Waals surface area contributed by atoms with Crippen molar-refractivity contribution in [2.45, 2.75) is 19.3 Å². The quantitative estimate of drug-likeness (QED) is 0.816. The Kier molecular flexibility index (Phi) is 2.96. The highest BCUT2D eigenvalue weighted by atomic mass is 16.5. The van der Waals surface area contributed by atoms with Crippen molar-refractivity contribution in [3.8, 4) is 5.75 Å². The van der Waals surface area contributed by atoms with Gasteiger partial charge in [-0.15, -0.1) is 0 Å². The van der Waals surface area contributed by atoms with E-state index in [1.165, 1.54) is 17.5 Å². The van der Waals surface area contributed by atoms with Crippen molar-refractivity contribution in [1.82, 2.24) is 5.32 Å². The maximum Gasteiger partial charge on any atom is 0.119 e. The Morgan fingerprint density at radius 1 is 1.47 bits per heavy atom. The summed E-state index contributed by atoms with van der Waals surface area (Å²) in [6, 6.07) is 6.47. The summed E-state index contributed by atoms with van der Waals surface area (Å²) in [7, 11) is 3.75. The Labute approximate surface area is 91.6 Å². The second kappa shape index (κ2) is 4.23. The van der Waals surface area contributed by atoms with Crippen LogP contribution in [-0.4, -0.2) is 20.7 Å². The minimum Gasteiger partial charge on any atom is -0.497 e. The van der Waals surface area contributed by atoms with Crippen molar-refractivity contribution in [2.24, 2.45) is 5.92 Å². The van der Waals surface area contributed by atoms with Crippen LogP contribution in [0.25, 0.3) is 0 Å². The van der Waals surface area contributed by atoms with Gasteiger partial charge < -0.3 is 10.1 Å². The van der Waals surface area contributed by atoms with Crippen LogP contribution in [0.4, 0.5) is 0 Å². The highest BCUT2D eigenvalue weighted by Crippen LogP contribution is 2.38. The standard InChI is InChI=1S/C13H19NO/c1-9-6-10-4-5-11(15-3)7-12(10)13(9)8-14-2/h4-5,7,9,13-14H,6,8H2,1-3H3. The molecule has 0 radical (unpaired) electrons. The van der Waals surface area contributed by atoms with Gasteiger partial charge in [0.25, 0.3) is 0 Å². The van der Waals surface area contributed by atoms with Gasteiger partial charge in [-0.1, -0.05) is 13.0 Å². The molecule has 1 aromatic rings. The fourth-order valence-corrected chi connectivity index (χ4v) is 2.56. The van der Waals surface area contributed by atoms with Gasteiger partial charge in [-0.2, -0.15) is 0 Å². The molecule has 2 heteroatoms.